The Morgan fingerprint density at radius 2 is 2.08 bits per heavy atom. The van der Waals surface area contributed by atoms with Crippen molar-refractivity contribution in [2.24, 2.45) is 0 Å². The first kappa shape index (κ1) is 16.7. The molecule has 3 rings (SSSR count). The monoisotopic (exact) mass is 344 g/mol. The fourth-order valence-corrected chi connectivity index (χ4v) is 2.74. The van der Waals surface area contributed by atoms with Crippen LogP contribution >= 0.6 is 0 Å². The normalized spacial score (nSPS) is 14.1. The molecule has 1 aliphatic heterocycles. The Balaban J connectivity index is 1.71. The molecule has 1 heterocycles. The molecular weight excluding hydrogens is 327 g/mol. The zero-order valence-electron chi connectivity index (χ0n) is 13.4. The Labute approximate surface area is 143 Å². The molecule has 1 aliphatic rings. The van der Waals surface area contributed by atoms with E-state index < -0.39 is 10.7 Å². The summed E-state index contributed by atoms with van der Waals surface area (Å²) >= 11 is 0. The predicted molar refractivity (Wildman–Crippen MR) is 92.0 cm³/mol. The third-order valence-electron chi connectivity index (χ3n) is 3.97. The summed E-state index contributed by atoms with van der Waals surface area (Å²) in [6.45, 7) is 1.42. The molecule has 0 aliphatic carbocycles. The average Bonchev–Trinajstić information content (AvgIpc) is 2.60. The standard InChI is InChI=1S/C17H17FN4O3/c18-13-9-12(5-6-15(13)21-8-7-19-17(23)11-21)10-20-14-3-1-2-4-16(14)22(24)25/h1-6,9,20H,7-8,10-11H2,(H,19,23). The van der Waals surface area contributed by atoms with Crippen LogP contribution < -0.4 is 15.5 Å². The van der Waals surface area contributed by atoms with Gasteiger partial charge in [-0.2, -0.15) is 0 Å². The van der Waals surface area contributed by atoms with E-state index in [0.29, 0.717) is 30.0 Å². The number of carbonyl (C=O) groups excluding carboxylic acids is 1. The van der Waals surface area contributed by atoms with Crippen molar-refractivity contribution in [1.29, 1.82) is 0 Å². The first-order valence-corrected chi connectivity index (χ1v) is 7.82. The molecule has 0 unspecified atom stereocenters. The number of anilines is 2. The van der Waals surface area contributed by atoms with E-state index in [1.165, 1.54) is 12.1 Å². The first-order chi connectivity index (χ1) is 12.0. The second kappa shape index (κ2) is 7.16. The Morgan fingerprint density at radius 1 is 1.28 bits per heavy atom. The maximum absolute atomic E-state index is 14.4. The summed E-state index contributed by atoms with van der Waals surface area (Å²) in [7, 11) is 0. The molecule has 130 valence electrons. The van der Waals surface area contributed by atoms with Gasteiger partial charge in [0.1, 0.15) is 11.5 Å². The van der Waals surface area contributed by atoms with E-state index in [4.69, 9.17) is 0 Å². The fraction of sp³-hybridized carbons (Fsp3) is 0.235. The lowest BCUT2D eigenvalue weighted by Gasteiger charge is -2.29. The van der Waals surface area contributed by atoms with E-state index in [1.807, 2.05) is 0 Å². The summed E-state index contributed by atoms with van der Waals surface area (Å²) in [6.07, 6.45) is 0. The van der Waals surface area contributed by atoms with Gasteiger partial charge < -0.3 is 15.5 Å². The van der Waals surface area contributed by atoms with Crippen LogP contribution in [0.1, 0.15) is 5.56 Å². The fourth-order valence-electron chi connectivity index (χ4n) is 2.74. The molecule has 8 heteroatoms. The van der Waals surface area contributed by atoms with Gasteiger partial charge in [-0.15, -0.1) is 0 Å². The van der Waals surface area contributed by atoms with Crippen molar-refractivity contribution in [2.75, 3.05) is 29.9 Å². The number of benzene rings is 2. The van der Waals surface area contributed by atoms with Gasteiger partial charge in [0.15, 0.2) is 0 Å². The number of nitrogens with zero attached hydrogens (tertiary/aromatic N) is 2. The van der Waals surface area contributed by atoms with Crippen LogP contribution in [0.25, 0.3) is 0 Å². The molecule has 0 aromatic heterocycles. The lowest BCUT2D eigenvalue weighted by Crippen LogP contribution is -2.48. The third-order valence-corrected chi connectivity index (χ3v) is 3.97. The van der Waals surface area contributed by atoms with Gasteiger partial charge in [-0.1, -0.05) is 18.2 Å². The van der Waals surface area contributed by atoms with Gasteiger partial charge in [-0.05, 0) is 23.8 Å². The molecule has 1 fully saturated rings. The number of hydrogen-bond acceptors (Lipinski definition) is 5. The van der Waals surface area contributed by atoms with Gasteiger partial charge in [0.25, 0.3) is 5.69 Å². The zero-order valence-corrected chi connectivity index (χ0v) is 13.4. The summed E-state index contributed by atoms with van der Waals surface area (Å²) in [5, 5.41) is 16.7. The summed E-state index contributed by atoms with van der Waals surface area (Å²) in [5.41, 5.74) is 1.38. The average molecular weight is 344 g/mol. The van der Waals surface area contributed by atoms with E-state index in [-0.39, 0.29) is 24.7 Å². The number of nitro benzene ring substituents is 1. The highest BCUT2D eigenvalue weighted by Gasteiger charge is 2.19. The molecule has 0 atom stereocenters. The van der Waals surface area contributed by atoms with Gasteiger partial charge in [0.2, 0.25) is 5.91 Å². The van der Waals surface area contributed by atoms with Gasteiger partial charge in [0, 0.05) is 25.7 Å². The molecule has 1 amide bonds. The highest BCUT2D eigenvalue weighted by molar-refractivity contribution is 5.82. The van der Waals surface area contributed by atoms with Crippen molar-refractivity contribution >= 4 is 23.0 Å². The third kappa shape index (κ3) is 3.85. The molecule has 0 bridgehead atoms. The van der Waals surface area contributed by atoms with Crippen molar-refractivity contribution < 1.29 is 14.1 Å². The molecule has 0 spiro atoms. The Kier molecular flexibility index (Phi) is 4.78. The number of piperazine rings is 1. The summed E-state index contributed by atoms with van der Waals surface area (Å²) in [5.74, 6) is -0.552. The first-order valence-electron chi connectivity index (χ1n) is 7.82. The van der Waals surface area contributed by atoms with Gasteiger partial charge >= 0.3 is 0 Å². The van der Waals surface area contributed by atoms with Crippen LogP contribution in [0.4, 0.5) is 21.5 Å². The molecule has 7 nitrogen and oxygen atoms in total. The van der Waals surface area contributed by atoms with Gasteiger partial charge in [0.05, 0.1) is 17.2 Å². The zero-order chi connectivity index (χ0) is 17.8. The number of amides is 1. The van der Waals surface area contributed by atoms with Crippen LogP contribution in [0.2, 0.25) is 0 Å². The summed E-state index contributed by atoms with van der Waals surface area (Å²) < 4.78 is 14.4. The van der Waals surface area contributed by atoms with E-state index in [0.717, 1.165) is 0 Å². The van der Waals surface area contributed by atoms with Gasteiger partial charge in [-0.3, -0.25) is 14.9 Å². The number of halogens is 1. The summed E-state index contributed by atoms with van der Waals surface area (Å²) in [4.78, 5) is 23.7. The van der Waals surface area contributed by atoms with Crippen molar-refractivity contribution in [1.82, 2.24) is 5.32 Å². The molecule has 2 N–H and O–H groups in total. The molecular formula is C17H17FN4O3. The van der Waals surface area contributed by atoms with Crippen LogP contribution in [0.3, 0.4) is 0 Å². The van der Waals surface area contributed by atoms with E-state index in [2.05, 4.69) is 10.6 Å². The number of nitrogens with one attached hydrogen (secondary N) is 2. The summed E-state index contributed by atoms with van der Waals surface area (Å²) in [6, 6.07) is 11.1. The largest absolute Gasteiger partial charge is 0.375 e. The van der Waals surface area contributed by atoms with Crippen LogP contribution in [-0.2, 0) is 11.3 Å². The van der Waals surface area contributed by atoms with Crippen LogP contribution in [-0.4, -0.2) is 30.5 Å². The Morgan fingerprint density at radius 3 is 2.80 bits per heavy atom. The van der Waals surface area contributed by atoms with Crippen LogP contribution in [0, 0.1) is 15.9 Å². The highest BCUT2D eigenvalue weighted by atomic mass is 19.1. The number of carbonyl (C=O) groups is 1. The molecule has 2 aromatic carbocycles. The maximum atomic E-state index is 14.4. The van der Waals surface area contributed by atoms with Gasteiger partial charge in [-0.25, -0.2) is 4.39 Å². The lowest BCUT2D eigenvalue weighted by molar-refractivity contribution is -0.384. The number of hydrogen-bond donors (Lipinski definition) is 2. The second-order valence-electron chi connectivity index (χ2n) is 5.69. The van der Waals surface area contributed by atoms with Crippen molar-refractivity contribution in [3.63, 3.8) is 0 Å². The lowest BCUT2D eigenvalue weighted by atomic mass is 10.1. The predicted octanol–water partition coefficient (Wildman–Crippen LogP) is 2.28. The molecule has 0 radical (unpaired) electrons. The van der Waals surface area contributed by atoms with E-state index in [1.54, 1.807) is 35.2 Å². The smallest absolute Gasteiger partial charge is 0.292 e. The number of rotatable bonds is 5. The molecule has 1 saturated heterocycles. The van der Waals surface area contributed by atoms with Crippen molar-refractivity contribution in [3.05, 3.63) is 64.0 Å². The quantitative estimate of drug-likeness (QED) is 0.642. The van der Waals surface area contributed by atoms with Crippen molar-refractivity contribution in [2.45, 2.75) is 6.54 Å². The second-order valence-corrected chi connectivity index (χ2v) is 5.69. The Hall–Kier alpha value is -3.16. The Bertz CT molecular complexity index is 812. The number of para-hydroxylation sites is 2. The minimum absolute atomic E-state index is 0.0288. The SMILES string of the molecule is O=C1CN(c2ccc(CNc3ccccc3[N+](=O)[O-])cc2F)CCN1. The maximum Gasteiger partial charge on any atom is 0.292 e. The van der Waals surface area contributed by atoms with Crippen molar-refractivity contribution in [3.8, 4) is 0 Å². The van der Waals surface area contributed by atoms with Crippen LogP contribution in [0.15, 0.2) is 42.5 Å². The van der Waals surface area contributed by atoms with E-state index >= 15 is 0 Å². The van der Waals surface area contributed by atoms with Crippen LogP contribution in [0.5, 0.6) is 0 Å². The highest BCUT2D eigenvalue weighted by Crippen LogP contribution is 2.25. The topological polar surface area (TPSA) is 87.5 Å². The molecule has 25 heavy (non-hydrogen) atoms. The minimum Gasteiger partial charge on any atom is -0.375 e. The minimum atomic E-state index is -0.465. The molecule has 2 aromatic rings. The molecule has 0 saturated carbocycles. The van der Waals surface area contributed by atoms with E-state index in [9.17, 15) is 19.3 Å². The number of nitro groups is 1.